The smallest absolute Gasteiger partial charge is 0.275 e. The summed E-state index contributed by atoms with van der Waals surface area (Å²) in [5.74, 6) is 2.10. The van der Waals surface area contributed by atoms with Crippen LogP contribution in [0.25, 0.3) is 0 Å². The van der Waals surface area contributed by atoms with E-state index in [2.05, 4.69) is 20.9 Å². The minimum Gasteiger partial charge on any atom is -0.454 e. The number of rotatable bonds is 8. The Balaban J connectivity index is 1.26. The SMILES string of the molecule is O=C(c1coc(CN(CCN2CCOCC2)Cc2ccc3c(c2)OCO3)n1)N1CCCC1. The minimum absolute atomic E-state index is 0.0341. The lowest BCUT2D eigenvalue weighted by Crippen LogP contribution is -2.41. The number of benzene rings is 1. The van der Waals surface area contributed by atoms with Gasteiger partial charge in [0.2, 0.25) is 12.7 Å². The molecule has 0 bridgehead atoms. The second-order valence-corrected chi connectivity index (χ2v) is 8.48. The number of amides is 1. The number of ether oxygens (including phenoxy) is 3. The van der Waals surface area contributed by atoms with Crippen molar-refractivity contribution >= 4 is 5.91 Å². The number of carbonyl (C=O) groups is 1. The molecule has 32 heavy (non-hydrogen) atoms. The van der Waals surface area contributed by atoms with Crippen molar-refractivity contribution in [2.75, 3.05) is 59.3 Å². The zero-order chi connectivity index (χ0) is 21.8. The topological polar surface area (TPSA) is 80.5 Å². The van der Waals surface area contributed by atoms with Gasteiger partial charge in [0.25, 0.3) is 5.91 Å². The maximum Gasteiger partial charge on any atom is 0.275 e. The number of hydrogen-bond donors (Lipinski definition) is 0. The van der Waals surface area contributed by atoms with Crippen LogP contribution in [0.1, 0.15) is 34.8 Å². The molecule has 1 amide bonds. The molecule has 0 spiro atoms. The van der Waals surface area contributed by atoms with Gasteiger partial charge in [0.15, 0.2) is 17.2 Å². The number of nitrogens with zero attached hydrogens (tertiary/aromatic N) is 4. The Morgan fingerprint density at radius 1 is 1.03 bits per heavy atom. The van der Waals surface area contributed by atoms with Crippen molar-refractivity contribution in [2.24, 2.45) is 0 Å². The maximum atomic E-state index is 12.6. The van der Waals surface area contributed by atoms with Gasteiger partial charge in [0.05, 0.1) is 19.8 Å². The molecule has 9 heteroatoms. The fourth-order valence-electron chi connectivity index (χ4n) is 4.37. The van der Waals surface area contributed by atoms with Crippen LogP contribution in [0.2, 0.25) is 0 Å². The predicted molar refractivity (Wildman–Crippen MR) is 116 cm³/mol. The number of morpholine rings is 1. The van der Waals surface area contributed by atoms with Crippen molar-refractivity contribution in [3.8, 4) is 11.5 Å². The third-order valence-corrected chi connectivity index (χ3v) is 6.20. The van der Waals surface area contributed by atoms with Crippen LogP contribution >= 0.6 is 0 Å². The third-order valence-electron chi connectivity index (χ3n) is 6.20. The normalized spacial score (nSPS) is 18.6. The van der Waals surface area contributed by atoms with Crippen molar-refractivity contribution in [3.63, 3.8) is 0 Å². The van der Waals surface area contributed by atoms with E-state index in [4.69, 9.17) is 18.6 Å². The predicted octanol–water partition coefficient (Wildman–Crippen LogP) is 1.97. The summed E-state index contributed by atoms with van der Waals surface area (Å²) >= 11 is 0. The van der Waals surface area contributed by atoms with Gasteiger partial charge in [-0.15, -0.1) is 0 Å². The first-order chi connectivity index (χ1) is 15.7. The molecule has 2 saturated heterocycles. The summed E-state index contributed by atoms with van der Waals surface area (Å²) in [4.78, 5) is 23.7. The highest BCUT2D eigenvalue weighted by molar-refractivity contribution is 5.92. The number of hydrogen-bond acceptors (Lipinski definition) is 8. The summed E-state index contributed by atoms with van der Waals surface area (Å²) in [6.07, 6.45) is 3.61. The fraction of sp³-hybridized carbons (Fsp3) is 0.565. The molecular formula is C23H30N4O5. The Morgan fingerprint density at radius 2 is 1.84 bits per heavy atom. The van der Waals surface area contributed by atoms with Gasteiger partial charge in [0, 0.05) is 45.8 Å². The van der Waals surface area contributed by atoms with Crippen molar-refractivity contribution in [1.29, 1.82) is 0 Å². The number of fused-ring (bicyclic) bond motifs is 1. The Kier molecular flexibility index (Phi) is 6.56. The van der Waals surface area contributed by atoms with Gasteiger partial charge in [-0.1, -0.05) is 6.07 Å². The lowest BCUT2D eigenvalue weighted by Gasteiger charge is -2.29. The molecule has 2 aromatic rings. The van der Waals surface area contributed by atoms with E-state index in [1.165, 1.54) is 6.26 Å². The highest BCUT2D eigenvalue weighted by Gasteiger charge is 2.23. The summed E-state index contributed by atoms with van der Waals surface area (Å²) in [5, 5.41) is 0. The molecular weight excluding hydrogens is 412 g/mol. The van der Waals surface area contributed by atoms with Crippen molar-refractivity contribution < 1.29 is 23.4 Å². The van der Waals surface area contributed by atoms with E-state index in [9.17, 15) is 4.79 Å². The van der Waals surface area contributed by atoms with Crippen LogP contribution in [0.15, 0.2) is 28.9 Å². The quantitative estimate of drug-likeness (QED) is 0.614. The van der Waals surface area contributed by atoms with Gasteiger partial charge in [-0.3, -0.25) is 14.6 Å². The summed E-state index contributed by atoms with van der Waals surface area (Å²) in [7, 11) is 0. The van der Waals surface area contributed by atoms with Gasteiger partial charge in [-0.05, 0) is 30.5 Å². The second-order valence-electron chi connectivity index (χ2n) is 8.48. The van der Waals surface area contributed by atoms with E-state index in [0.717, 1.165) is 88.9 Å². The molecule has 5 rings (SSSR count). The van der Waals surface area contributed by atoms with Gasteiger partial charge in [-0.25, -0.2) is 4.98 Å². The van der Waals surface area contributed by atoms with Gasteiger partial charge in [-0.2, -0.15) is 0 Å². The summed E-state index contributed by atoms with van der Waals surface area (Å²) in [5.41, 5.74) is 1.54. The van der Waals surface area contributed by atoms with Gasteiger partial charge >= 0.3 is 0 Å². The van der Waals surface area contributed by atoms with Crippen LogP contribution in [0, 0.1) is 0 Å². The molecule has 4 heterocycles. The molecule has 3 aliphatic heterocycles. The van der Waals surface area contributed by atoms with Crippen LogP contribution < -0.4 is 9.47 Å². The molecule has 1 aromatic carbocycles. The first-order valence-corrected chi connectivity index (χ1v) is 11.4. The Hall–Kier alpha value is -2.62. The standard InChI is InChI=1S/C23H30N4O5/c28-23(27-5-1-2-6-27)19-16-30-22(24-19)15-26(8-7-25-9-11-29-12-10-25)14-18-3-4-20-21(13-18)32-17-31-20/h3-4,13,16H,1-2,5-12,14-15,17H2. The largest absolute Gasteiger partial charge is 0.454 e. The highest BCUT2D eigenvalue weighted by atomic mass is 16.7. The van der Waals surface area contributed by atoms with Crippen LogP contribution in [-0.4, -0.2) is 84.9 Å². The molecule has 172 valence electrons. The molecule has 0 radical (unpaired) electrons. The molecule has 0 saturated carbocycles. The highest BCUT2D eigenvalue weighted by Crippen LogP contribution is 2.33. The Bertz CT molecular complexity index is 921. The summed E-state index contributed by atoms with van der Waals surface area (Å²) in [6, 6.07) is 6.05. The van der Waals surface area contributed by atoms with Crippen molar-refractivity contribution in [1.82, 2.24) is 19.7 Å². The van der Waals surface area contributed by atoms with Crippen LogP contribution in [0.3, 0.4) is 0 Å². The molecule has 9 nitrogen and oxygen atoms in total. The summed E-state index contributed by atoms with van der Waals surface area (Å²) < 4.78 is 22.1. The van der Waals surface area contributed by atoms with E-state index >= 15 is 0 Å². The van der Waals surface area contributed by atoms with E-state index in [1.807, 2.05) is 17.0 Å². The Labute approximate surface area is 187 Å². The van der Waals surface area contributed by atoms with E-state index in [1.54, 1.807) is 0 Å². The number of likely N-dealkylation sites (tertiary alicyclic amines) is 1. The molecule has 2 fully saturated rings. The van der Waals surface area contributed by atoms with Crippen molar-refractivity contribution in [2.45, 2.75) is 25.9 Å². The summed E-state index contributed by atoms with van der Waals surface area (Å²) in [6.45, 7) is 8.38. The third kappa shape index (κ3) is 5.06. The van der Waals surface area contributed by atoms with E-state index in [-0.39, 0.29) is 12.7 Å². The van der Waals surface area contributed by atoms with Crippen LogP contribution in [0.4, 0.5) is 0 Å². The molecule has 0 unspecified atom stereocenters. The molecule has 0 aliphatic carbocycles. The zero-order valence-electron chi connectivity index (χ0n) is 18.3. The average Bonchev–Trinajstić information content (AvgIpc) is 3.59. The minimum atomic E-state index is -0.0341. The van der Waals surface area contributed by atoms with Gasteiger partial charge in [0.1, 0.15) is 6.26 Å². The number of carbonyl (C=O) groups excluding carboxylic acids is 1. The van der Waals surface area contributed by atoms with Crippen LogP contribution in [0.5, 0.6) is 11.5 Å². The first kappa shape index (κ1) is 21.2. The first-order valence-electron chi connectivity index (χ1n) is 11.4. The fourth-order valence-corrected chi connectivity index (χ4v) is 4.37. The molecule has 1 aromatic heterocycles. The Morgan fingerprint density at radius 3 is 2.69 bits per heavy atom. The lowest BCUT2D eigenvalue weighted by atomic mass is 10.2. The lowest BCUT2D eigenvalue weighted by molar-refractivity contribution is 0.0320. The van der Waals surface area contributed by atoms with Crippen molar-refractivity contribution in [3.05, 3.63) is 41.6 Å². The molecule has 0 atom stereocenters. The second kappa shape index (κ2) is 9.89. The molecule has 0 N–H and O–H groups in total. The average molecular weight is 443 g/mol. The zero-order valence-corrected chi connectivity index (χ0v) is 18.3. The van der Waals surface area contributed by atoms with Gasteiger partial charge < -0.3 is 23.5 Å². The van der Waals surface area contributed by atoms with E-state index in [0.29, 0.717) is 18.1 Å². The van der Waals surface area contributed by atoms with Crippen LogP contribution in [-0.2, 0) is 17.8 Å². The number of oxazole rings is 1. The number of aromatic nitrogens is 1. The van der Waals surface area contributed by atoms with E-state index < -0.39 is 0 Å². The monoisotopic (exact) mass is 442 g/mol. The maximum absolute atomic E-state index is 12.6. The molecule has 3 aliphatic rings.